The average molecular weight is 328 g/mol. The Bertz CT molecular complexity index is 756. The standard InChI is InChI=1S/C18H20N2O4/c1-12(2)15-6-4-5-7-16(15)19-18(21)11-24-17-9-8-14(20(22)23)10-13(17)3/h4-10,12H,11H2,1-3H3,(H,19,21). The van der Waals surface area contributed by atoms with Crippen LogP contribution in [0.15, 0.2) is 42.5 Å². The molecule has 0 aliphatic heterocycles. The molecule has 6 heteroatoms. The Morgan fingerprint density at radius 3 is 2.58 bits per heavy atom. The van der Waals surface area contributed by atoms with Crippen molar-refractivity contribution in [2.24, 2.45) is 0 Å². The monoisotopic (exact) mass is 328 g/mol. The van der Waals surface area contributed by atoms with E-state index in [1.807, 2.05) is 24.3 Å². The lowest BCUT2D eigenvalue weighted by Gasteiger charge is -2.14. The van der Waals surface area contributed by atoms with Gasteiger partial charge >= 0.3 is 0 Å². The summed E-state index contributed by atoms with van der Waals surface area (Å²) in [5.74, 6) is 0.466. The van der Waals surface area contributed by atoms with E-state index >= 15 is 0 Å². The van der Waals surface area contributed by atoms with E-state index in [0.717, 1.165) is 11.3 Å². The van der Waals surface area contributed by atoms with Gasteiger partial charge in [0, 0.05) is 17.8 Å². The number of nitro groups is 1. The summed E-state index contributed by atoms with van der Waals surface area (Å²) in [6, 6.07) is 11.9. The van der Waals surface area contributed by atoms with E-state index < -0.39 is 4.92 Å². The summed E-state index contributed by atoms with van der Waals surface area (Å²) in [6.45, 7) is 5.66. The maximum atomic E-state index is 12.1. The van der Waals surface area contributed by atoms with Crippen LogP contribution in [0.2, 0.25) is 0 Å². The average Bonchev–Trinajstić information content (AvgIpc) is 2.53. The van der Waals surface area contributed by atoms with Gasteiger partial charge in [-0.05, 0) is 36.1 Å². The first-order valence-corrected chi connectivity index (χ1v) is 7.65. The van der Waals surface area contributed by atoms with Crippen LogP contribution in [0.3, 0.4) is 0 Å². The van der Waals surface area contributed by atoms with Crippen LogP contribution in [-0.4, -0.2) is 17.4 Å². The van der Waals surface area contributed by atoms with E-state index in [4.69, 9.17) is 4.74 Å². The molecule has 0 saturated heterocycles. The predicted molar refractivity (Wildman–Crippen MR) is 92.5 cm³/mol. The molecule has 0 aliphatic rings. The van der Waals surface area contributed by atoms with Crippen molar-refractivity contribution in [1.82, 2.24) is 0 Å². The number of benzene rings is 2. The van der Waals surface area contributed by atoms with E-state index in [9.17, 15) is 14.9 Å². The molecule has 0 aromatic heterocycles. The highest BCUT2D eigenvalue weighted by atomic mass is 16.6. The Kier molecular flexibility index (Phi) is 5.52. The number of carbonyl (C=O) groups excluding carboxylic acids is 1. The van der Waals surface area contributed by atoms with Crippen molar-refractivity contribution in [2.45, 2.75) is 26.7 Å². The Morgan fingerprint density at radius 2 is 1.96 bits per heavy atom. The summed E-state index contributed by atoms with van der Waals surface area (Å²) < 4.78 is 5.47. The molecule has 1 N–H and O–H groups in total. The molecule has 0 radical (unpaired) electrons. The van der Waals surface area contributed by atoms with Gasteiger partial charge in [0.2, 0.25) is 0 Å². The van der Waals surface area contributed by atoms with Crippen LogP contribution in [0, 0.1) is 17.0 Å². The summed E-state index contributed by atoms with van der Waals surface area (Å²) in [7, 11) is 0. The Hall–Kier alpha value is -2.89. The fourth-order valence-electron chi connectivity index (χ4n) is 2.35. The van der Waals surface area contributed by atoms with Gasteiger partial charge in [0.15, 0.2) is 6.61 Å². The van der Waals surface area contributed by atoms with Crippen molar-refractivity contribution in [3.8, 4) is 5.75 Å². The summed E-state index contributed by atoms with van der Waals surface area (Å²) in [5.41, 5.74) is 2.42. The van der Waals surface area contributed by atoms with E-state index in [0.29, 0.717) is 17.2 Å². The first-order chi connectivity index (χ1) is 11.4. The van der Waals surface area contributed by atoms with Crippen LogP contribution in [0.5, 0.6) is 5.75 Å². The van der Waals surface area contributed by atoms with Crippen LogP contribution in [0.1, 0.15) is 30.9 Å². The zero-order valence-electron chi connectivity index (χ0n) is 13.9. The number of aryl methyl sites for hydroxylation is 1. The maximum absolute atomic E-state index is 12.1. The van der Waals surface area contributed by atoms with Gasteiger partial charge in [-0.25, -0.2) is 0 Å². The highest BCUT2D eigenvalue weighted by Crippen LogP contribution is 2.25. The largest absolute Gasteiger partial charge is 0.483 e. The first-order valence-electron chi connectivity index (χ1n) is 7.65. The van der Waals surface area contributed by atoms with Crippen molar-refractivity contribution in [1.29, 1.82) is 0 Å². The van der Waals surface area contributed by atoms with Gasteiger partial charge in [0.1, 0.15) is 5.75 Å². The molecule has 0 atom stereocenters. The lowest BCUT2D eigenvalue weighted by molar-refractivity contribution is -0.384. The highest BCUT2D eigenvalue weighted by molar-refractivity contribution is 5.92. The van der Waals surface area contributed by atoms with Crippen molar-refractivity contribution in [3.63, 3.8) is 0 Å². The van der Waals surface area contributed by atoms with Crippen molar-refractivity contribution in [3.05, 3.63) is 63.7 Å². The predicted octanol–water partition coefficient (Wildman–Crippen LogP) is 4.04. The number of ether oxygens (including phenoxy) is 1. The second kappa shape index (κ2) is 7.59. The van der Waals surface area contributed by atoms with Crippen LogP contribution >= 0.6 is 0 Å². The Labute approximate surface area is 140 Å². The molecule has 0 saturated carbocycles. The number of nitrogens with one attached hydrogen (secondary N) is 1. The van der Waals surface area contributed by atoms with Crippen LogP contribution in [0.4, 0.5) is 11.4 Å². The Balaban J connectivity index is 2.00. The van der Waals surface area contributed by atoms with Gasteiger partial charge in [-0.1, -0.05) is 32.0 Å². The zero-order chi connectivity index (χ0) is 17.7. The fourth-order valence-corrected chi connectivity index (χ4v) is 2.35. The molecule has 2 aromatic rings. The summed E-state index contributed by atoms with van der Waals surface area (Å²) in [4.78, 5) is 22.4. The molecule has 0 bridgehead atoms. The number of nitrogens with zero attached hydrogens (tertiary/aromatic N) is 1. The quantitative estimate of drug-likeness (QED) is 0.641. The van der Waals surface area contributed by atoms with Gasteiger partial charge in [0.25, 0.3) is 11.6 Å². The zero-order valence-corrected chi connectivity index (χ0v) is 13.9. The second-order valence-corrected chi connectivity index (χ2v) is 5.79. The molecule has 1 amide bonds. The van der Waals surface area contributed by atoms with E-state index in [1.54, 1.807) is 6.92 Å². The number of amides is 1. The molecule has 0 unspecified atom stereocenters. The normalized spacial score (nSPS) is 10.5. The molecule has 24 heavy (non-hydrogen) atoms. The minimum absolute atomic E-state index is 0.00448. The number of anilines is 1. The van der Waals surface area contributed by atoms with E-state index in [1.165, 1.54) is 18.2 Å². The number of nitro benzene ring substituents is 1. The Morgan fingerprint density at radius 1 is 1.25 bits per heavy atom. The molecule has 6 nitrogen and oxygen atoms in total. The third-order valence-corrected chi connectivity index (χ3v) is 3.58. The SMILES string of the molecule is Cc1cc([N+](=O)[O-])ccc1OCC(=O)Nc1ccccc1C(C)C. The first kappa shape index (κ1) is 17.5. The summed E-state index contributed by atoms with van der Waals surface area (Å²) >= 11 is 0. The van der Waals surface area contributed by atoms with E-state index in [2.05, 4.69) is 19.2 Å². The van der Waals surface area contributed by atoms with Gasteiger partial charge in [-0.15, -0.1) is 0 Å². The number of para-hydroxylation sites is 1. The molecule has 0 aliphatic carbocycles. The topological polar surface area (TPSA) is 81.5 Å². The molecule has 0 heterocycles. The van der Waals surface area contributed by atoms with Gasteiger partial charge in [-0.3, -0.25) is 14.9 Å². The maximum Gasteiger partial charge on any atom is 0.269 e. The van der Waals surface area contributed by atoms with Crippen LogP contribution in [-0.2, 0) is 4.79 Å². The van der Waals surface area contributed by atoms with Crippen LogP contribution < -0.4 is 10.1 Å². The lowest BCUT2D eigenvalue weighted by atomic mass is 10.0. The van der Waals surface area contributed by atoms with Gasteiger partial charge < -0.3 is 10.1 Å². The summed E-state index contributed by atoms with van der Waals surface area (Å²) in [5, 5.41) is 13.6. The lowest BCUT2D eigenvalue weighted by Crippen LogP contribution is -2.21. The van der Waals surface area contributed by atoms with Gasteiger partial charge in [-0.2, -0.15) is 0 Å². The fraction of sp³-hybridized carbons (Fsp3) is 0.278. The third-order valence-electron chi connectivity index (χ3n) is 3.58. The van der Waals surface area contributed by atoms with Crippen molar-refractivity contribution >= 4 is 17.3 Å². The molecule has 0 fully saturated rings. The molecule has 0 spiro atoms. The van der Waals surface area contributed by atoms with Crippen molar-refractivity contribution in [2.75, 3.05) is 11.9 Å². The number of non-ortho nitro benzene ring substituents is 1. The molecule has 2 rings (SSSR count). The molecular weight excluding hydrogens is 308 g/mol. The summed E-state index contributed by atoms with van der Waals surface area (Å²) in [6.07, 6.45) is 0. The minimum atomic E-state index is -0.466. The highest BCUT2D eigenvalue weighted by Gasteiger charge is 2.12. The second-order valence-electron chi connectivity index (χ2n) is 5.79. The smallest absolute Gasteiger partial charge is 0.269 e. The number of carbonyl (C=O) groups is 1. The van der Waals surface area contributed by atoms with E-state index in [-0.39, 0.29) is 18.2 Å². The number of hydrogen-bond donors (Lipinski definition) is 1. The van der Waals surface area contributed by atoms with Crippen LogP contribution in [0.25, 0.3) is 0 Å². The molecule has 2 aromatic carbocycles. The number of hydrogen-bond acceptors (Lipinski definition) is 4. The van der Waals surface area contributed by atoms with Crippen molar-refractivity contribution < 1.29 is 14.5 Å². The minimum Gasteiger partial charge on any atom is -0.483 e. The third kappa shape index (κ3) is 4.32. The molecular formula is C18H20N2O4. The number of rotatable bonds is 6. The molecule has 126 valence electrons. The van der Waals surface area contributed by atoms with Gasteiger partial charge in [0.05, 0.1) is 4.92 Å².